The van der Waals surface area contributed by atoms with Crippen LogP contribution in [-0.2, 0) is 11.3 Å². The highest BCUT2D eigenvalue weighted by Crippen LogP contribution is 2.32. The molecule has 2 aromatic carbocycles. The van der Waals surface area contributed by atoms with E-state index < -0.39 is 6.04 Å². The van der Waals surface area contributed by atoms with Crippen molar-refractivity contribution in [3.8, 4) is 0 Å². The van der Waals surface area contributed by atoms with Crippen LogP contribution in [0, 0.1) is 19.7 Å². The molecule has 0 amide bonds. The first-order valence-electron chi connectivity index (χ1n) is 12.0. The summed E-state index contributed by atoms with van der Waals surface area (Å²) >= 11 is 0. The number of pyridine rings is 1. The Morgan fingerprint density at radius 1 is 1.14 bits per heavy atom. The molecule has 3 heterocycles. The molecule has 0 saturated carbocycles. The minimum atomic E-state index is -0.448. The molecule has 0 saturated heterocycles. The molecule has 4 aromatic rings. The number of aromatic nitrogens is 5. The highest BCUT2D eigenvalue weighted by atomic mass is 19.1. The van der Waals surface area contributed by atoms with Gasteiger partial charge in [-0.2, -0.15) is 0 Å². The van der Waals surface area contributed by atoms with Gasteiger partial charge in [-0.25, -0.2) is 9.07 Å². The van der Waals surface area contributed by atoms with Gasteiger partial charge in [0.2, 0.25) is 0 Å². The van der Waals surface area contributed by atoms with Crippen LogP contribution in [0.1, 0.15) is 40.5 Å². The van der Waals surface area contributed by atoms with Gasteiger partial charge in [-0.1, -0.05) is 30.3 Å². The predicted molar refractivity (Wildman–Crippen MR) is 136 cm³/mol. The summed E-state index contributed by atoms with van der Waals surface area (Å²) in [5.74, 6) is 0.349. The summed E-state index contributed by atoms with van der Waals surface area (Å²) in [6, 6.07) is 12.2. The van der Waals surface area contributed by atoms with Crippen molar-refractivity contribution < 1.29 is 9.13 Å². The monoisotopic (exact) mass is 488 g/mol. The number of fused-ring (bicyclic) bond motifs is 1. The molecule has 0 spiro atoms. The van der Waals surface area contributed by atoms with E-state index in [0.29, 0.717) is 37.6 Å². The number of halogens is 1. The smallest absolute Gasteiger partial charge is 0.253 e. The number of benzene rings is 2. The van der Waals surface area contributed by atoms with Crippen LogP contribution in [0.3, 0.4) is 0 Å². The fourth-order valence-corrected chi connectivity index (χ4v) is 4.88. The van der Waals surface area contributed by atoms with Gasteiger partial charge in [0.1, 0.15) is 11.9 Å². The molecule has 2 aromatic heterocycles. The van der Waals surface area contributed by atoms with Gasteiger partial charge < -0.3 is 9.72 Å². The van der Waals surface area contributed by atoms with Gasteiger partial charge in [-0.3, -0.25) is 9.69 Å². The summed E-state index contributed by atoms with van der Waals surface area (Å²) in [7, 11) is 1.63. The molecule has 0 unspecified atom stereocenters. The highest BCUT2D eigenvalue weighted by Gasteiger charge is 2.31. The van der Waals surface area contributed by atoms with E-state index in [0.717, 1.165) is 39.6 Å². The summed E-state index contributed by atoms with van der Waals surface area (Å²) in [6.45, 7) is 6.25. The molecule has 1 aliphatic heterocycles. The number of nitrogens with zero attached hydrogens (tertiary/aromatic N) is 5. The standard InChI is InChI=1S/C27H29FN6O2/c1-17-4-5-18(2)24-22(17)16-23(27(35)29-24)25(26-30-31-32-34(26)14-15-36-3)33-12-10-20(11-13-33)19-6-8-21(28)9-7-19/h4-10,16,25H,11-15H2,1-3H3,(H,29,35)/t25-/m0/s1. The number of aryl methyl sites for hydroxylation is 2. The van der Waals surface area contributed by atoms with E-state index in [2.05, 4.69) is 37.6 Å². The van der Waals surface area contributed by atoms with Gasteiger partial charge in [0.15, 0.2) is 5.82 Å². The summed E-state index contributed by atoms with van der Waals surface area (Å²) < 4.78 is 20.4. The Hall–Kier alpha value is -3.69. The molecule has 1 atom stereocenters. The molecule has 0 bridgehead atoms. The molecule has 1 N–H and O–H groups in total. The van der Waals surface area contributed by atoms with E-state index in [1.165, 1.54) is 12.1 Å². The van der Waals surface area contributed by atoms with Crippen LogP contribution in [0.4, 0.5) is 4.39 Å². The second-order valence-electron chi connectivity index (χ2n) is 9.18. The van der Waals surface area contributed by atoms with Gasteiger partial charge >= 0.3 is 0 Å². The minimum Gasteiger partial charge on any atom is -0.383 e. The quantitative estimate of drug-likeness (QED) is 0.426. The molecule has 1 aliphatic rings. The average molecular weight is 489 g/mol. The number of aromatic amines is 1. The third kappa shape index (κ3) is 4.59. The van der Waals surface area contributed by atoms with Crippen LogP contribution in [-0.4, -0.2) is 56.9 Å². The van der Waals surface area contributed by atoms with E-state index in [-0.39, 0.29) is 11.4 Å². The topological polar surface area (TPSA) is 88.9 Å². The highest BCUT2D eigenvalue weighted by molar-refractivity contribution is 5.85. The van der Waals surface area contributed by atoms with E-state index in [1.54, 1.807) is 23.9 Å². The van der Waals surface area contributed by atoms with Crippen LogP contribution in [0.2, 0.25) is 0 Å². The molecule has 9 heteroatoms. The molecule has 186 valence electrons. The van der Waals surface area contributed by atoms with E-state index in [4.69, 9.17) is 4.74 Å². The zero-order valence-corrected chi connectivity index (χ0v) is 20.7. The van der Waals surface area contributed by atoms with Crippen molar-refractivity contribution >= 4 is 16.5 Å². The Balaban J connectivity index is 1.59. The predicted octanol–water partition coefficient (Wildman–Crippen LogP) is 3.80. The van der Waals surface area contributed by atoms with Gasteiger partial charge in [0.25, 0.3) is 5.56 Å². The molecule has 36 heavy (non-hydrogen) atoms. The van der Waals surface area contributed by atoms with Crippen LogP contribution >= 0.6 is 0 Å². The average Bonchev–Trinajstić information content (AvgIpc) is 3.35. The van der Waals surface area contributed by atoms with Crippen molar-refractivity contribution in [3.05, 3.63) is 92.8 Å². The SMILES string of the molecule is COCCn1nnnc1[C@H](c1cc2c(C)ccc(C)c2[nH]c1=O)N1CC=C(c2ccc(F)cc2)CC1. The maximum atomic E-state index is 13.5. The van der Waals surface area contributed by atoms with Crippen molar-refractivity contribution in [1.29, 1.82) is 0 Å². The number of methoxy groups -OCH3 is 1. The van der Waals surface area contributed by atoms with Crippen LogP contribution in [0.5, 0.6) is 0 Å². The van der Waals surface area contributed by atoms with E-state index in [1.807, 2.05) is 26.0 Å². The number of ether oxygens (including phenoxy) is 1. The lowest BCUT2D eigenvalue weighted by atomic mass is 9.95. The van der Waals surface area contributed by atoms with Crippen molar-refractivity contribution in [2.24, 2.45) is 0 Å². The van der Waals surface area contributed by atoms with Gasteiger partial charge in [0, 0.05) is 31.1 Å². The Morgan fingerprint density at radius 3 is 2.64 bits per heavy atom. The molecule has 5 rings (SSSR count). The number of nitrogens with one attached hydrogen (secondary N) is 1. The normalized spacial score (nSPS) is 15.3. The third-order valence-corrected chi connectivity index (χ3v) is 6.90. The number of hydrogen-bond acceptors (Lipinski definition) is 6. The Bertz CT molecular complexity index is 1470. The first kappa shape index (κ1) is 24.0. The van der Waals surface area contributed by atoms with Crippen molar-refractivity contribution in [3.63, 3.8) is 0 Å². The summed E-state index contributed by atoms with van der Waals surface area (Å²) in [5.41, 5.74) is 5.56. The Morgan fingerprint density at radius 2 is 1.92 bits per heavy atom. The number of tetrazole rings is 1. The first-order valence-corrected chi connectivity index (χ1v) is 12.0. The van der Waals surface area contributed by atoms with Crippen LogP contribution in [0.25, 0.3) is 16.5 Å². The largest absolute Gasteiger partial charge is 0.383 e. The summed E-state index contributed by atoms with van der Waals surface area (Å²) in [6.07, 6.45) is 2.89. The summed E-state index contributed by atoms with van der Waals surface area (Å²) in [4.78, 5) is 18.8. The fourth-order valence-electron chi connectivity index (χ4n) is 4.88. The molecule has 0 fully saturated rings. The lowest BCUT2D eigenvalue weighted by Crippen LogP contribution is -2.38. The minimum absolute atomic E-state index is 0.157. The maximum Gasteiger partial charge on any atom is 0.253 e. The second-order valence-corrected chi connectivity index (χ2v) is 9.18. The fraction of sp³-hybridized carbons (Fsp3) is 0.333. The van der Waals surface area contributed by atoms with E-state index >= 15 is 0 Å². The van der Waals surface area contributed by atoms with Crippen LogP contribution < -0.4 is 5.56 Å². The molecule has 0 aliphatic carbocycles. The van der Waals surface area contributed by atoms with Crippen molar-refractivity contribution in [1.82, 2.24) is 30.1 Å². The molecular formula is C27H29FN6O2. The zero-order chi connectivity index (χ0) is 25.2. The van der Waals surface area contributed by atoms with E-state index in [9.17, 15) is 9.18 Å². The first-order chi connectivity index (χ1) is 17.5. The molecule has 0 radical (unpaired) electrons. The number of hydrogen-bond donors (Lipinski definition) is 1. The Labute approximate surface area is 208 Å². The van der Waals surface area contributed by atoms with Crippen LogP contribution in [0.15, 0.2) is 53.3 Å². The molecule has 8 nitrogen and oxygen atoms in total. The number of H-pyrrole nitrogens is 1. The van der Waals surface area contributed by atoms with Gasteiger partial charge in [-0.15, -0.1) is 5.10 Å². The maximum absolute atomic E-state index is 13.5. The summed E-state index contributed by atoms with van der Waals surface area (Å²) in [5, 5.41) is 13.5. The Kier molecular flexibility index (Phi) is 6.75. The number of rotatable bonds is 7. The van der Waals surface area contributed by atoms with Crippen molar-refractivity contribution in [2.45, 2.75) is 32.9 Å². The van der Waals surface area contributed by atoms with Crippen molar-refractivity contribution in [2.75, 3.05) is 26.8 Å². The lowest BCUT2D eigenvalue weighted by Gasteiger charge is -2.33. The van der Waals surface area contributed by atoms with Gasteiger partial charge in [-0.05, 0) is 71.2 Å². The van der Waals surface area contributed by atoms with Gasteiger partial charge in [0.05, 0.1) is 18.7 Å². The second kappa shape index (κ2) is 10.1. The third-order valence-electron chi connectivity index (χ3n) is 6.90. The lowest BCUT2D eigenvalue weighted by molar-refractivity contribution is 0.176. The zero-order valence-electron chi connectivity index (χ0n) is 20.7. The molecular weight excluding hydrogens is 459 g/mol.